The predicted molar refractivity (Wildman–Crippen MR) is 61.2 cm³/mol. The van der Waals surface area contributed by atoms with Crippen molar-refractivity contribution in [1.82, 2.24) is 9.62 Å². The van der Waals surface area contributed by atoms with E-state index in [1.54, 1.807) is 0 Å². The van der Waals surface area contributed by atoms with Crippen LogP contribution in [0.25, 0.3) is 0 Å². The fourth-order valence-electron chi connectivity index (χ4n) is 3.91. The second kappa shape index (κ2) is 3.26. The van der Waals surface area contributed by atoms with Crippen LogP contribution >= 0.6 is 0 Å². The first-order chi connectivity index (χ1) is 8.50. The quantitative estimate of drug-likeness (QED) is 0.764. The van der Waals surface area contributed by atoms with Gasteiger partial charge in [-0.15, -0.1) is 0 Å². The minimum atomic E-state index is -4.41. The van der Waals surface area contributed by atoms with Crippen molar-refractivity contribution in [1.29, 1.82) is 0 Å². The summed E-state index contributed by atoms with van der Waals surface area (Å²) in [5.41, 5.74) is -4.03. The molecule has 2 aliphatic heterocycles. The molecule has 5 nitrogen and oxygen atoms in total. The first-order valence-electron chi connectivity index (χ1n) is 6.08. The Hall–Kier alpha value is -0.380. The maximum absolute atomic E-state index is 13.4. The zero-order chi connectivity index (χ0) is 14.3. The van der Waals surface area contributed by atoms with Crippen molar-refractivity contribution in [2.45, 2.75) is 31.5 Å². The summed E-state index contributed by atoms with van der Waals surface area (Å²) in [7, 11) is -4.12. The van der Waals surface area contributed by atoms with Gasteiger partial charge in [0.05, 0.1) is 11.0 Å². The molecule has 1 spiro atoms. The third-order valence-electron chi connectivity index (χ3n) is 5.44. The van der Waals surface area contributed by atoms with Gasteiger partial charge in [-0.05, 0) is 19.8 Å². The summed E-state index contributed by atoms with van der Waals surface area (Å²) in [5, 5.41) is 8.05. The van der Waals surface area contributed by atoms with Crippen molar-refractivity contribution in [2.75, 3.05) is 19.6 Å². The van der Waals surface area contributed by atoms with Gasteiger partial charge < -0.3 is 5.32 Å². The SMILES string of the molecule is CC1(C2(C(F)(F)F)CC2)N(S(N)(=O)=O)CC12CNC2. The Morgan fingerprint density at radius 2 is 1.79 bits per heavy atom. The number of nitrogens with one attached hydrogen (secondary N) is 1. The van der Waals surface area contributed by atoms with Crippen molar-refractivity contribution in [2.24, 2.45) is 16.0 Å². The Labute approximate surface area is 109 Å². The summed E-state index contributed by atoms with van der Waals surface area (Å²) in [6.45, 7) is 2.30. The molecule has 3 N–H and O–H groups in total. The first kappa shape index (κ1) is 13.6. The van der Waals surface area contributed by atoms with Crippen molar-refractivity contribution in [3.63, 3.8) is 0 Å². The number of rotatable bonds is 2. The lowest BCUT2D eigenvalue weighted by Gasteiger charge is -2.70. The molecule has 110 valence electrons. The van der Waals surface area contributed by atoms with Crippen molar-refractivity contribution in [3.8, 4) is 0 Å². The van der Waals surface area contributed by atoms with Gasteiger partial charge in [-0.3, -0.25) is 0 Å². The van der Waals surface area contributed by atoms with Gasteiger partial charge in [0.15, 0.2) is 0 Å². The highest BCUT2D eigenvalue weighted by atomic mass is 32.2. The minimum absolute atomic E-state index is 0.0270. The average molecular weight is 299 g/mol. The second-order valence-corrected chi connectivity index (χ2v) is 7.56. The molecule has 0 amide bonds. The molecule has 2 saturated heterocycles. The second-order valence-electron chi connectivity index (χ2n) is 6.09. The maximum Gasteiger partial charge on any atom is 0.396 e. The molecular formula is C10H16F3N3O2S. The lowest BCUT2D eigenvalue weighted by atomic mass is 9.53. The van der Waals surface area contributed by atoms with Gasteiger partial charge in [-0.1, -0.05) is 0 Å². The smallest absolute Gasteiger partial charge is 0.315 e. The van der Waals surface area contributed by atoms with E-state index in [1.807, 2.05) is 0 Å². The first-order valence-corrected chi connectivity index (χ1v) is 7.59. The highest BCUT2D eigenvalue weighted by Crippen LogP contribution is 2.73. The Morgan fingerprint density at radius 1 is 1.26 bits per heavy atom. The molecule has 3 aliphatic rings. The Morgan fingerprint density at radius 3 is 2.05 bits per heavy atom. The summed E-state index contributed by atoms with van der Waals surface area (Å²) < 4.78 is 64.2. The number of nitrogens with two attached hydrogens (primary N) is 1. The Balaban J connectivity index is 2.08. The summed E-state index contributed by atoms with van der Waals surface area (Å²) >= 11 is 0. The van der Waals surface area contributed by atoms with Crippen LogP contribution in [0.3, 0.4) is 0 Å². The van der Waals surface area contributed by atoms with Crippen LogP contribution in [0, 0.1) is 10.8 Å². The summed E-state index contributed by atoms with van der Waals surface area (Å²) in [5.74, 6) is 0. The number of hydrogen-bond donors (Lipinski definition) is 2. The molecule has 0 aromatic rings. The molecule has 1 unspecified atom stereocenters. The van der Waals surface area contributed by atoms with E-state index < -0.39 is 32.8 Å². The van der Waals surface area contributed by atoms with Gasteiger partial charge in [-0.2, -0.15) is 25.9 Å². The zero-order valence-electron chi connectivity index (χ0n) is 10.4. The Kier molecular flexibility index (Phi) is 2.34. The topological polar surface area (TPSA) is 75.4 Å². The van der Waals surface area contributed by atoms with E-state index in [4.69, 9.17) is 5.14 Å². The summed E-state index contributed by atoms with van der Waals surface area (Å²) in [4.78, 5) is 0. The number of halogens is 3. The lowest BCUT2D eigenvalue weighted by molar-refractivity contribution is -0.275. The molecule has 19 heavy (non-hydrogen) atoms. The molecule has 3 fully saturated rings. The van der Waals surface area contributed by atoms with E-state index in [0.717, 1.165) is 4.31 Å². The minimum Gasteiger partial charge on any atom is -0.315 e. The summed E-state index contributed by atoms with van der Waals surface area (Å²) in [6, 6.07) is 0. The molecule has 1 atom stereocenters. The Bertz CT molecular complexity index is 525. The van der Waals surface area contributed by atoms with Gasteiger partial charge in [0.25, 0.3) is 10.2 Å². The molecular weight excluding hydrogens is 283 g/mol. The number of nitrogens with zero attached hydrogens (tertiary/aromatic N) is 1. The standard InChI is InChI=1S/C10H16F3N3O2S/c1-7(9(2-3-9)10(11,12)13)8(4-15-5-8)6-16(7)19(14,17)18/h15H,2-6H2,1H3,(H2,14,17,18). The van der Waals surface area contributed by atoms with E-state index in [1.165, 1.54) is 6.92 Å². The van der Waals surface area contributed by atoms with Crippen LogP contribution in [0.1, 0.15) is 19.8 Å². The molecule has 0 radical (unpaired) electrons. The van der Waals surface area contributed by atoms with E-state index in [2.05, 4.69) is 5.32 Å². The van der Waals surface area contributed by atoms with Gasteiger partial charge >= 0.3 is 6.18 Å². The molecule has 9 heteroatoms. The molecule has 0 aromatic carbocycles. The zero-order valence-corrected chi connectivity index (χ0v) is 11.2. The van der Waals surface area contributed by atoms with Crippen LogP contribution in [0.2, 0.25) is 0 Å². The van der Waals surface area contributed by atoms with Crippen LogP contribution in [0.4, 0.5) is 13.2 Å². The third-order valence-corrected chi connectivity index (χ3v) is 6.54. The molecule has 1 aliphatic carbocycles. The predicted octanol–water partition coefficient (Wildman–Crippen LogP) is 0.196. The molecule has 3 rings (SSSR count). The highest BCUT2D eigenvalue weighted by Gasteiger charge is 2.84. The number of alkyl halides is 3. The maximum atomic E-state index is 13.4. The third kappa shape index (κ3) is 1.34. The largest absolute Gasteiger partial charge is 0.396 e. The average Bonchev–Trinajstić information content (AvgIpc) is 2.89. The van der Waals surface area contributed by atoms with E-state index in [0.29, 0.717) is 13.1 Å². The van der Waals surface area contributed by atoms with Crippen molar-refractivity contribution < 1.29 is 21.6 Å². The van der Waals surface area contributed by atoms with E-state index >= 15 is 0 Å². The monoisotopic (exact) mass is 299 g/mol. The van der Waals surface area contributed by atoms with E-state index in [-0.39, 0.29) is 19.4 Å². The normalized spacial score (nSPS) is 36.7. The molecule has 2 heterocycles. The fraction of sp³-hybridized carbons (Fsp3) is 1.00. The van der Waals surface area contributed by atoms with Crippen LogP contribution in [-0.2, 0) is 10.2 Å². The van der Waals surface area contributed by atoms with Gasteiger partial charge in [0, 0.05) is 25.0 Å². The van der Waals surface area contributed by atoms with Crippen LogP contribution in [0.15, 0.2) is 0 Å². The molecule has 1 saturated carbocycles. The summed E-state index contributed by atoms with van der Waals surface area (Å²) in [6.07, 6.45) is -4.46. The molecule has 0 bridgehead atoms. The lowest BCUT2D eigenvalue weighted by Crippen LogP contribution is -2.87. The van der Waals surface area contributed by atoms with Gasteiger partial charge in [-0.25, -0.2) is 5.14 Å². The van der Waals surface area contributed by atoms with Gasteiger partial charge in [0.1, 0.15) is 0 Å². The molecule has 0 aromatic heterocycles. The van der Waals surface area contributed by atoms with Crippen LogP contribution in [-0.4, -0.2) is 44.1 Å². The van der Waals surface area contributed by atoms with Crippen molar-refractivity contribution >= 4 is 10.2 Å². The van der Waals surface area contributed by atoms with Crippen LogP contribution in [0.5, 0.6) is 0 Å². The van der Waals surface area contributed by atoms with Gasteiger partial charge in [0.2, 0.25) is 0 Å². The number of hydrogen-bond acceptors (Lipinski definition) is 3. The highest BCUT2D eigenvalue weighted by molar-refractivity contribution is 7.86. The van der Waals surface area contributed by atoms with E-state index in [9.17, 15) is 21.6 Å². The van der Waals surface area contributed by atoms with Crippen molar-refractivity contribution in [3.05, 3.63) is 0 Å². The van der Waals surface area contributed by atoms with Crippen LogP contribution < -0.4 is 10.5 Å². The fourth-order valence-corrected chi connectivity index (χ4v) is 5.21.